The monoisotopic (exact) mass is 431 g/mol. The third-order valence-electron chi connectivity index (χ3n) is 5.54. The van der Waals surface area contributed by atoms with E-state index in [0.717, 1.165) is 43.1 Å². The van der Waals surface area contributed by atoms with Gasteiger partial charge < -0.3 is 21.3 Å². The van der Waals surface area contributed by atoms with Crippen molar-refractivity contribution >= 4 is 49.9 Å². The van der Waals surface area contributed by atoms with E-state index in [0.29, 0.717) is 43.6 Å². The smallest absolute Gasteiger partial charge is 0.256 e. The van der Waals surface area contributed by atoms with E-state index in [1.165, 1.54) is 6.07 Å². The molecule has 0 radical (unpaired) electrons. The summed E-state index contributed by atoms with van der Waals surface area (Å²) in [5, 5.41) is 7.45. The number of amides is 1. The Hall–Kier alpha value is -2.42. The molecule has 1 aromatic heterocycles. The molecule has 1 fully saturated rings. The minimum atomic E-state index is -0.363. The number of halogens is 2. The molecule has 1 atom stereocenters. The number of fused-ring (bicyclic) bond motifs is 3. The van der Waals surface area contributed by atoms with Crippen molar-refractivity contribution in [3.05, 3.63) is 40.7 Å². The van der Waals surface area contributed by atoms with E-state index in [2.05, 4.69) is 15.6 Å². The fourth-order valence-corrected chi connectivity index (χ4v) is 5.16. The van der Waals surface area contributed by atoms with E-state index in [1.54, 1.807) is 12.1 Å². The number of carbonyl (C=O) groups is 1. The predicted octanol–water partition coefficient (Wildman–Crippen LogP) is 3.57. The van der Waals surface area contributed by atoms with Crippen LogP contribution in [0.2, 0.25) is 5.02 Å². The van der Waals surface area contributed by atoms with Gasteiger partial charge in [-0.3, -0.25) is 4.79 Å². The van der Waals surface area contributed by atoms with E-state index in [9.17, 15) is 9.18 Å². The molecule has 0 saturated carbocycles. The topological polar surface area (TPSA) is 83.3 Å². The number of anilines is 2. The van der Waals surface area contributed by atoms with E-state index >= 15 is 0 Å². The van der Waals surface area contributed by atoms with E-state index in [1.807, 2.05) is 11.0 Å². The molecule has 1 saturated heterocycles. The molecular weight excluding hydrogens is 413 g/mol. The van der Waals surface area contributed by atoms with Crippen molar-refractivity contribution in [1.82, 2.24) is 15.2 Å². The van der Waals surface area contributed by atoms with Gasteiger partial charge in [-0.1, -0.05) is 22.9 Å². The number of nitrogens with one attached hydrogen (secondary N) is 2. The van der Waals surface area contributed by atoms with Crippen molar-refractivity contribution in [1.29, 1.82) is 0 Å². The van der Waals surface area contributed by atoms with Gasteiger partial charge in [0.05, 0.1) is 15.8 Å². The van der Waals surface area contributed by atoms with Gasteiger partial charge in [-0.25, -0.2) is 9.37 Å². The highest BCUT2D eigenvalue weighted by Crippen LogP contribution is 2.40. The van der Waals surface area contributed by atoms with Crippen molar-refractivity contribution in [2.75, 3.05) is 37.2 Å². The van der Waals surface area contributed by atoms with Crippen LogP contribution in [-0.4, -0.2) is 48.0 Å². The summed E-state index contributed by atoms with van der Waals surface area (Å²) >= 11 is 7.72. The summed E-state index contributed by atoms with van der Waals surface area (Å²) in [5.74, 6) is -0.382. The lowest BCUT2D eigenvalue weighted by molar-refractivity contribution is 0.0626. The first-order valence-electron chi connectivity index (χ1n) is 9.47. The lowest BCUT2D eigenvalue weighted by Gasteiger charge is -2.38. The molecule has 2 aliphatic rings. The van der Waals surface area contributed by atoms with Crippen LogP contribution in [0.4, 0.5) is 15.2 Å². The first kappa shape index (κ1) is 18.6. The van der Waals surface area contributed by atoms with Crippen molar-refractivity contribution in [2.45, 2.75) is 12.5 Å². The van der Waals surface area contributed by atoms with Crippen molar-refractivity contribution in [3.63, 3.8) is 0 Å². The Kier molecular flexibility index (Phi) is 4.57. The van der Waals surface area contributed by atoms with E-state index in [-0.39, 0.29) is 17.8 Å². The molecule has 1 amide bonds. The largest absolute Gasteiger partial charge is 0.384 e. The minimum Gasteiger partial charge on any atom is -0.384 e. The third-order valence-corrected chi connectivity index (χ3v) is 6.75. The molecule has 2 aromatic carbocycles. The lowest BCUT2D eigenvalue weighted by atomic mass is 9.98. The Morgan fingerprint density at radius 3 is 2.97 bits per heavy atom. The molecule has 6 nitrogen and oxygen atoms in total. The van der Waals surface area contributed by atoms with Crippen LogP contribution in [0, 0.1) is 5.82 Å². The molecule has 2 aliphatic heterocycles. The molecule has 3 heterocycles. The summed E-state index contributed by atoms with van der Waals surface area (Å²) in [6.07, 6.45) is 0.861. The SMILES string of the molecule is Nc1nc2c(-c3cc4c(cc3Cl)C(=O)N3CCNC[C@@H]3CCN4)ccc(F)c2s1. The molecule has 0 spiro atoms. The number of nitrogens with zero attached hydrogens (tertiary/aromatic N) is 2. The summed E-state index contributed by atoms with van der Waals surface area (Å²) in [7, 11) is 0. The number of carbonyl (C=O) groups excluding carboxylic acids is 1. The first-order chi connectivity index (χ1) is 14.0. The third kappa shape index (κ3) is 3.11. The van der Waals surface area contributed by atoms with Crippen LogP contribution in [0.25, 0.3) is 21.3 Å². The van der Waals surface area contributed by atoms with Crippen LogP contribution in [0.15, 0.2) is 24.3 Å². The average Bonchev–Trinajstić information content (AvgIpc) is 3.11. The highest BCUT2D eigenvalue weighted by Gasteiger charge is 2.31. The summed E-state index contributed by atoms with van der Waals surface area (Å²) in [6, 6.07) is 6.79. The molecule has 3 aromatic rings. The van der Waals surface area contributed by atoms with Crippen LogP contribution >= 0.6 is 22.9 Å². The van der Waals surface area contributed by atoms with Crippen molar-refractivity contribution < 1.29 is 9.18 Å². The van der Waals surface area contributed by atoms with Gasteiger partial charge >= 0.3 is 0 Å². The molecule has 4 N–H and O–H groups in total. The zero-order chi connectivity index (χ0) is 20.1. The highest BCUT2D eigenvalue weighted by molar-refractivity contribution is 7.22. The fourth-order valence-electron chi connectivity index (χ4n) is 4.13. The maximum atomic E-state index is 14.2. The zero-order valence-electron chi connectivity index (χ0n) is 15.5. The summed E-state index contributed by atoms with van der Waals surface area (Å²) in [6.45, 7) is 3.01. The molecule has 29 heavy (non-hydrogen) atoms. The number of nitrogen functional groups attached to an aromatic ring is 1. The fraction of sp³-hybridized carbons (Fsp3) is 0.300. The second kappa shape index (κ2) is 7.12. The zero-order valence-corrected chi connectivity index (χ0v) is 17.0. The van der Waals surface area contributed by atoms with Crippen molar-refractivity contribution in [3.8, 4) is 11.1 Å². The second-order valence-corrected chi connectivity index (χ2v) is 8.71. The molecule has 0 unspecified atom stereocenters. The van der Waals surface area contributed by atoms with Gasteiger partial charge in [0.1, 0.15) is 5.82 Å². The lowest BCUT2D eigenvalue weighted by Crippen LogP contribution is -2.54. The first-order valence-corrected chi connectivity index (χ1v) is 10.7. The number of hydrogen-bond acceptors (Lipinski definition) is 6. The quantitative estimate of drug-likeness (QED) is 0.548. The van der Waals surface area contributed by atoms with Gasteiger partial charge in [0.15, 0.2) is 5.13 Å². The van der Waals surface area contributed by atoms with Gasteiger partial charge in [0.2, 0.25) is 0 Å². The Labute approximate surface area is 175 Å². The summed E-state index contributed by atoms with van der Waals surface area (Å²) in [5.41, 5.74) is 8.97. The number of benzene rings is 2. The second-order valence-electron chi connectivity index (χ2n) is 7.27. The number of nitrogens with two attached hydrogens (primary N) is 1. The highest BCUT2D eigenvalue weighted by atomic mass is 35.5. The number of hydrogen-bond donors (Lipinski definition) is 3. The average molecular weight is 432 g/mol. The molecule has 5 rings (SSSR count). The Balaban J connectivity index is 1.64. The standard InChI is InChI=1S/C20H19ClFN5OS/c21-14-7-13-16(25-4-3-10-9-24-5-6-27(10)19(13)28)8-12(14)11-1-2-15(22)18-17(11)26-20(23)29-18/h1-2,7-8,10,24-25H,3-6,9H2,(H2,23,26)/t10-/m0/s1. The van der Waals surface area contributed by atoms with Gasteiger partial charge in [0.25, 0.3) is 5.91 Å². The molecule has 150 valence electrons. The molecule has 9 heteroatoms. The van der Waals surface area contributed by atoms with Gasteiger partial charge in [-0.05, 0) is 30.7 Å². The van der Waals surface area contributed by atoms with Gasteiger partial charge in [-0.2, -0.15) is 0 Å². The number of aromatic nitrogens is 1. The van der Waals surface area contributed by atoms with Gasteiger partial charge in [0, 0.05) is 54.1 Å². The van der Waals surface area contributed by atoms with Crippen LogP contribution < -0.4 is 16.4 Å². The Bertz CT molecular complexity index is 1130. The summed E-state index contributed by atoms with van der Waals surface area (Å²) in [4.78, 5) is 19.4. The van der Waals surface area contributed by atoms with E-state index < -0.39 is 0 Å². The minimum absolute atomic E-state index is 0.0192. The molecular formula is C20H19ClFN5OS. The van der Waals surface area contributed by atoms with Crippen LogP contribution in [-0.2, 0) is 0 Å². The Morgan fingerprint density at radius 1 is 1.24 bits per heavy atom. The van der Waals surface area contributed by atoms with Crippen LogP contribution in [0.3, 0.4) is 0 Å². The van der Waals surface area contributed by atoms with Crippen LogP contribution in [0.5, 0.6) is 0 Å². The Morgan fingerprint density at radius 2 is 2.10 bits per heavy atom. The van der Waals surface area contributed by atoms with Crippen molar-refractivity contribution in [2.24, 2.45) is 0 Å². The number of rotatable bonds is 1. The number of thiazole rings is 1. The summed E-state index contributed by atoms with van der Waals surface area (Å²) < 4.78 is 14.6. The maximum absolute atomic E-state index is 14.2. The molecule has 0 aliphatic carbocycles. The maximum Gasteiger partial charge on any atom is 0.256 e. The van der Waals surface area contributed by atoms with Crippen LogP contribution in [0.1, 0.15) is 16.8 Å². The number of piperazine rings is 1. The predicted molar refractivity (Wildman–Crippen MR) is 115 cm³/mol. The molecule has 0 bridgehead atoms. The van der Waals surface area contributed by atoms with E-state index in [4.69, 9.17) is 17.3 Å². The normalized spacial score (nSPS) is 19.3. The van der Waals surface area contributed by atoms with Gasteiger partial charge in [-0.15, -0.1) is 0 Å².